The van der Waals surface area contributed by atoms with E-state index in [9.17, 15) is 13.2 Å². The number of aromatic nitrogens is 1. The summed E-state index contributed by atoms with van der Waals surface area (Å²) in [4.78, 5) is 16.5. The van der Waals surface area contributed by atoms with Crippen LogP contribution < -0.4 is 5.32 Å². The van der Waals surface area contributed by atoms with Gasteiger partial charge in [0.2, 0.25) is 5.91 Å². The average molecular weight is 360 g/mol. The molecular formula is C17H16N2O3S2. The Morgan fingerprint density at radius 2 is 1.92 bits per heavy atom. The van der Waals surface area contributed by atoms with Crippen LogP contribution in [0.4, 0.5) is 5.69 Å². The lowest BCUT2D eigenvalue weighted by molar-refractivity contribution is -0.116. The summed E-state index contributed by atoms with van der Waals surface area (Å²) in [7, 11) is -3.34. The van der Waals surface area contributed by atoms with Gasteiger partial charge in [-0.15, -0.1) is 11.3 Å². The highest BCUT2D eigenvalue weighted by molar-refractivity contribution is 7.91. The maximum atomic E-state index is 12.2. The minimum absolute atomic E-state index is 0.0461. The smallest absolute Gasteiger partial charge is 0.224 e. The zero-order valence-electron chi connectivity index (χ0n) is 12.8. The Balaban J connectivity index is 1.54. The molecule has 0 aliphatic heterocycles. The molecule has 0 aliphatic carbocycles. The molecule has 0 radical (unpaired) electrons. The number of carbonyl (C=O) groups excluding carboxylic acids is 1. The predicted molar refractivity (Wildman–Crippen MR) is 96.0 cm³/mol. The maximum absolute atomic E-state index is 12.2. The fourth-order valence-corrected chi connectivity index (χ4v) is 4.32. The number of benzene rings is 2. The lowest BCUT2D eigenvalue weighted by Gasteiger charge is -2.06. The molecule has 0 spiro atoms. The van der Waals surface area contributed by atoms with E-state index < -0.39 is 9.84 Å². The molecular weight excluding hydrogens is 344 g/mol. The van der Waals surface area contributed by atoms with Gasteiger partial charge in [-0.2, -0.15) is 0 Å². The molecule has 1 N–H and O–H groups in total. The zero-order valence-corrected chi connectivity index (χ0v) is 14.4. The number of fused-ring (bicyclic) bond motifs is 1. The molecule has 3 aromatic rings. The van der Waals surface area contributed by atoms with Crippen LogP contribution in [0.1, 0.15) is 12.8 Å². The van der Waals surface area contributed by atoms with E-state index in [0.29, 0.717) is 10.6 Å². The number of nitrogens with zero attached hydrogens (tertiary/aromatic N) is 1. The third-order valence-electron chi connectivity index (χ3n) is 3.53. The standard InChI is InChI=1S/C17H16N2O3S2/c20-17(19-13-8-9-16-15(11-13)18-12-23-16)7-4-10-24(21,22)14-5-2-1-3-6-14/h1-3,5-6,8-9,11-12H,4,7,10H2,(H,19,20). The van der Waals surface area contributed by atoms with Crippen LogP contribution in [-0.2, 0) is 14.6 Å². The molecule has 3 rings (SSSR count). The number of amides is 1. The van der Waals surface area contributed by atoms with Gasteiger partial charge in [0.1, 0.15) is 0 Å². The van der Waals surface area contributed by atoms with Crippen LogP contribution in [0.5, 0.6) is 0 Å². The van der Waals surface area contributed by atoms with Gasteiger partial charge < -0.3 is 5.32 Å². The van der Waals surface area contributed by atoms with Crippen molar-refractivity contribution in [2.45, 2.75) is 17.7 Å². The fourth-order valence-electron chi connectivity index (χ4n) is 2.33. The minimum Gasteiger partial charge on any atom is -0.326 e. The number of sulfone groups is 1. The Kier molecular flexibility index (Phi) is 4.92. The van der Waals surface area contributed by atoms with Gasteiger partial charge in [-0.05, 0) is 36.8 Å². The van der Waals surface area contributed by atoms with Crippen molar-refractivity contribution in [2.24, 2.45) is 0 Å². The first kappa shape index (κ1) is 16.6. The summed E-state index contributed by atoms with van der Waals surface area (Å²) in [6.45, 7) is 0. The molecule has 7 heteroatoms. The molecule has 0 saturated heterocycles. The SMILES string of the molecule is O=C(CCCS(=O)(=O)c1ccccc1)Nc1ccc2scnc2c1. The Hall–Kier alpha value is -2.25. The van der Waals surface area contributed by atoms with Gasteiger partial charge in [0.25, 0.3) is 0 Å². The highest BCUT2D eigenvalue weighted by Crippen LogP contribution is 2.21. The third-order valence-corrected chi connectivity index (χ3v) is 6.16. The van der Waals surface area contributed by atoms with Gasteiger partial charge in [-0.3, -0.25) is 4.79 Å². The molecule has 0 bridgehead atoms. The summed E-state index contributed by atoms with van der Waals surface area (Å²) in [6.07, 6.45) is 0.434. The van der Waals surface area contributed by atoms with E-state index in [0.717, 1.165) is 10.2 Å². The molecule has 0 atom stereocenters. The second-order valence-electron chi connectivity index (χ2n) is 5.32. The Morgan fingerprint density at radius 1 is 1.12 bits per heavy atom. The summed E-state index contributed by atoms with van der Waals surface area (Å²) in [6, 6.07) is 13.8. The van der Waals surface area contributed by atoms with E-state index in [1.54, 1.807) is 35.8 Å². The van der Waals surface area contributed by atoms with Crippen molar-refractivity contribution >= 4 is 43.0 Å². The molecule has 124 valence electrons. The average Bonchev–Trinajstić information content (AvgIpc) is 3.03. The molecule has 2 aromatic carbocycles. The van der Waals surface area contributed by atoms with Crippen LogP contribution in [0.3, 0.4) is 0 Å². The first-order valence-electron chi connectivity index (χ1n) is 7.45. The number of hydrogen-bond donors (Lipinski definition) is 1. The molecule has 24 heavy (non-hydrogen) atoms. The van der Waals surface area contributed by atoms with E-state index >= 15 is 0 Å². The summed E-state index contributed by atoms with van der Waals surface area (Å²) >= 11 is 1.54. The minimum atomic E-state index is -3.34. The molecule has 5 nitrogen and oxygen atoms in total. The van der Waals surface area contributed by atoms with E-state index in [1.165, 1.54) is 11.3 Å². The lowest BCUT2D eigenvalue weighted by Crippen LogP contribution is -2.14. The Bertz CT molecular complexity index is 950. The monoisotopic (exact) mass is 360 g/mol. The molecule has 1 amide bonds. The van der Waals surface area contributed by atoms with Gasteiger partial charge in [0.05, 0.1) is 26.4 Å². The van der Waals surface area contributed by atoms with Crippen molar-refractivity contribution < 1.29 is 13.2 Å². The highest BCUT2D eigenvalue weighted by atomic mass is 32.2. The number of anilines is 1. The number of nitrogens with one attached hydrogen (secondary N) is 1. The van der Waals surface area contributed by atoms with Crippen LogP contribution in [0, 0.1) is 0 Å². The molecule has 0 aliphatic rings. The summed E-state index contributed by atoms with van der Waals surface area (Å²) < 4.78 is 25.4. The van der Waals surface area contributed by atoms with Crippen molar-refractivity contribution in [3.05, 3.63) is 54.0 Å². The number of carbonyl (C=O) groups is 1. The van der Waals surface area contributed by atoms with Crippen molar-refractivity contribution in [1.29, 1.82) is 0 Å². The number of thiazole rings is 1. The predicted octanol–water partition coefficient (Wildman–Crippen LogP) is 3.49. The number of rotatable bonds is 6. The first-order valence-corrected chi connectivity index (χ1v) is 9.99. The highest BCUT2D eigenvalue weighted by Gasteiger charge is 2.14. The van der Waals surface area contributed by atoms with Crippen LogP contribution in [0.2, 0.25) is 0 Å². The van der Waals surface area contributed by atoms with Crippen LogP contribution in [0.15, 0.2) is 58.9 Å². The third kappa shape index (κ3) is 3.98. The quantitative estimate of drug-likeness (QED) is 0.730. The Morgan fingerprint density at radius 3 is 2.71 bits per heavy atom. The van der Waals surface area contributed by atoms with Gasteiger partial charge in [0, 0.05) is 12.1 Å². The molecule has 0 saturated carbocycles. The van der Waals surface area contributed by atoms with Crippen molar-refractivity contribution in [1.82, 2.24) is 4.98 Å². The van der Waals surface area contributed by atoms with E-state index in [4.69, 9.17) is 0 Å². The van der Waals surface area contributed by atoms with Crippen LogP contribution >= 0.6 is 11.3 Å². The van der Waals surface area contributed by atoms with Gasteiger partial charge >= 0.3 is 0 Å². The molecule has 1 aromatic heterocycles. The summed E-state index contributed by atoms with van der Waals surface area (Å²) in [5, 5.41) is 2.78. The fraction of sp³-hybridized carbons (Fsp3) is 0.176. The topological polar surface area (TPSA) is 76.1 Å². The van der Waals surface area contributed by atoms with Crippen LogP contribution in [0.25, 0.3) is 10.2 Å². The van der Waals surface area contributed by atoms with E-state index in [1.807, 2.05) is 18.2 Å². The molecule has 0 fully saturated rings. The second kappa shape index (κ2) is 7.11. The lowest BCUT2D eigenvalue weighted by atomic mass is 10.2. The van der Waals surface area contributed by atoms with Crippen molar-refractivity contribution in [2.75, 3.05) is 11.1 Å². The van der Waals surface area contributed by atoms with E-state index in [2.05, 4.69) is 10.3 Å². The van der Waals surface area contributed by atoms with Crippen molar-refractivity contribution in [3.8, 4) is 0 Å². The maximum Gasteiger partial charge on any atom is 0.224 e. The Labute approximate surface area is 144 Å². The number of hydrogen-bond acceptors (Lipinski definition) is 5. The first-order chi connectivity index (χ1) is 11.5. The van der Waals surface area contributed by atoms with Gasteiger partial charge in [0.15, 0.2) is 9.84 Å². The van der Waals surface area contributed by atoms with E-state index in [-0.39, 0.29) is 24.5 Å². The molecule has 0 unspecified atom stereocenters. The second-order valence-corrected chi connectivity index (χ2v) is 8.31. The van der Waals surface area contributed by atoms with Gasteiger partial charge in [-0.25, -0.2) is 13.4 Å². The van der Waals surface area contributed by atoms with Crippen molar-refractivity contribution in [3.63, 3.8) is 0 Å². The van der Waals surface area contributed by atoms with Crippen LogP contribution in [-0.4, -0.2) is 25.1 Å². The zero-order chi connectivity index (χ0) is 17.0. The largest absolute Gasteiger partial charge is 0.326 e. The normalized spacial score (nSPS) is 11.5. The summed E-state index contributed by atoms with van der Waals surface area (Å²) in [5.41, 5.74) is 3.26. The molecule has 1 heterocycles. The summed E-state index contributed by atoms with van der Waals surface area (Å²) in [5.74, 6) is -0.247. The van der Waals surface area contributed by atoms with Gasteiger partial charge in [-0.1, -0.05) is 18.2 Å².